The second-order valence-corrected chi connectivity index (χ2v) is 9.32. The van der Waals surface area contributed by atoms with Gasteiger partial charge < -0.3 is 10.2 Å². The van der Waals surface area contributed by atoms with E-state index in [1.165, 1.54) is 0 Å². The van der Waals surface area contributed by atoms with Crippen molar-refractivity contribution in [3.8, 4) is 6.07 Å². The van der Waals surface area contributed by atoms with Gasteiger partial charge in [0.15, 0.2) is 9.84 Å². The Morgan fingerprint density at radius 2 is 1.85 bits per heavy atom. The minimum Gasteiger partial charge on any atom is -0.381 e. The van der Waals surface area contributed by atoms with E-state index < -0.39 is 9.84 Å². The Balaban J connectivity index is 1.62. The molecule has 0 radical (unpaired) electrons. The van der Waals surface area contributed by atoms with Crippen LogP contribution in [0, 0.1) is 11.3 Å². The summed E-state index contributed by atoms with van der Waals surface area (Å²) in [6.07, 6.45) is 1.87. The standard InChI is InChI=1S/C20H22ClN3O2S/c1-2-27(25,26)19-6-4-18(5-7-19)24-11-9-17(10-12-24)23-20-8-3-16(21)13-15(20)14-22/h3-8,13,17,23H,2,9-12H2,1H3. The fourth-order valence-corrected chi connectivity index (χ4v) is 4.32. The van der Waals surface area contributed by atoms with E-state index in [1.807, 2.05) is 18.2 Å². The van der Waals surface area contributed by atoms with Gasteiger partial charge >= 0.3 is 0 Å². The van der Waals surface area contributed by atoms with Crippen LogP contribution in [0.4, 0.5) is 11.4 Å². The molecule has 1 N–H and O–H groups in total. The molecule has 0 unspecified atom stereocenters. The van der Waals surface area contributed by atoms with E-state index in [1.54, 1.807) is 31.2 Å². The van der Waals surface area contributed by atoms with Crippen LogP contribution in [0.25, 0.3) is 0 Å². The molecule has 0 aliphatic carbocycles. The lowest BCUT2D eigenvalue weighted by Crippen LogP contribution is -2.39. The highest BCUT2D eigenvalue weighted by atomic mass is 35.5. The molecule has 5 nitrogen and oxygen atoms in total. The molecule has 0 bridgehead atoms. The Morgan fingerprint density at radius 3 is 2.44 bits per heavy atom. The Kier molecular flexibility index (Phi) is 5.93. The SMILES string of the molecule is CCS(=O)(=O)c1ccc(N2CCC(Nc3ccc(Cl)cc3C#N)CC2)cc1. The van der Waals surface area contributed by atoms with Gasteiger partial charge in [0.2, 0.25) is 0 Å². The van der Waals surface area contributed by atoms with Gasteiger partial charge in [-0.3, -0.25) is 0 Å². The molecule has 1 heterocycles. The highest BCUT2D eigenvalue weighted by Gasteiger charge is 2.21. The number of benzene rings is 2. The first-order valence-electron chi connectivity index (χ1n) is 8.97. The molecule has 1 aliphatic rings. The number of rotatable bonds is 5. The summed E-state index contributed by atoms with van der Waals surface area (Å²) in [7, 11) is -3.16. The van der Waals surface area contributed by atoms with Gasteiger partial charge in [-0.2, -0.15) is 5.26 Å². The van der Waals surface area contributed by atoms with Crippen molar-refractivity contribution in [3.63, 3.8) is 0 Å². The summed E-state index contributed by atoms with van der Waals surface area (Å²) in [5.41, 5.74) is 2.40. The van der Waals surface area contributed by atoms with Crippen LogP contribution >= 0.6 is 11.6 Å². The molecule has 142 valence electrons. The first-order chi connectivity index (χ1) is 12.9. The van der Waals surface area contributed by atoms with E-state index in [0.717, 1.165) is 37.3 Å². The largest absolute Gasteiger partial charge is 0.381 e. The lowest BCUT2D eigenvalue weighted by Gasteiger charge is -2.34. The van der Waals surface area contributed by atoms with E-state index in [4.69, 9.17) is 11.6 Å². The molecule has 1 saturated heterocycles. The second kappa shape index (κ2) is 8.20. The third kappa shape index (κ3) is 4.55. The maximum absolute atomic E-state index is 11.9. The van der Waals surface area contributed by atoms with Crippen LogP contribution in [-0.2, 0) is 9.84 Å². The normalized spacial score (nSPS) is 15.4. The van der Waals surface area contributed by atoms with Gasteiger partial charge in [0, 0.05) is 29.8 Å². The van der Waals surface area contributed by atoms with Gasteiger partial charge in [0.25, 0.3) is 0 Å². The highest BCUT2D eigenvalue weighted by molar-refractivity contribution is 7.91. The number of halogens is 1. The molecule has 0 spiro atoms. The number of sulfone groups is 1. The van der Waals surface area contributed by atoms with Crippen molar-refractivity contribution in [2.45, 2.75) is 30.7 Å². The quantitative estimate of drug-likeness (QED) is 0.814. The molecule has 27 heavy (non-hydrogen) atoms. The van der Waals surface area contributed by atoms with Crippen LogP contribution in [0.1, 0.15) is 25.3 Å². The van der Waals surface area contributed by atoms with E-state index in [-0.39, 0.29) is 11.8 Å². The van der Waals surface area contributed by atoms with Gasteiger partial charge in [0.05, 0.1) is 21.9 Å². The zero-order valence-electron chi connectivity index (χ0n) is 15.2. The monoisotopic (exact) mass is 403 g/mol. The predicted octanol–water partition coefficient (Wildman–Crippen LogP) is 4.09. The molecule has 2 aromatic carbocycles. The lowest BCUT2D eigenvalue weighted by atomic mass is 10.0. The highest BCUT2D eigenvalue weighted by Crippen LogP contribution is 2.26. The first-order valence-corrected chi connectivity index (χ1v) is 11.0. The Hall–Kier alpha value is -2.23. The number of hydrogen-bond acceptors (Lipinski definition) is 5. The number of nitrogens with one attached hydrogen (secondary N) is 1. The maximum atomic E-state index is 11.9. The topological polar surface area (TPSA) is 73.2 Å². The number of nitrogens with zero attached hydrogens (tertiary/aromatic N) is 2. The van der Waals surface area contributed by atoms with Gasteiger partial charge in [-0.15, -0.1) is 0 Å². The van der Waals surface area contributed by atoms with Gasteiger partial charge in [-0.25, -0.2) is 8.42 Å². The minimum absolute atomic E-state index is 0.110. The Morgan fingerprint density at radius 1 is 1.19 bits per heavy atom. The Labute approximate surface area is 165 Å². The van der Waals surface area contributed by atoms with Crippen molar-refractivity contribution in [2.24, 2.45) is 0 Å². The van der Waals surface area contributed by atoms with E-state index in [2.05, 4.69) is 16.3 Å². The summed E-state index contributed by atoms with van der Waals surface area (Å²) in [5.74, 6) is 0.110. The van der Waals surface area contributed by atoms with Gasteiger partial charge in [-0.05, 0) is 55.3 Å². The number of hydrogen-bond donors (Lipinski definition) is 1. The molecule has 2 aromatic rings. The first kappa shape index (κ1) is 19.5. The average molecular weight is 404 g/mol. The van der Waals surface area contributed by atoms with Crippen LogP contribution in [0.15, 0.2) is 47.4 Å². The van der Waals surface area contributed by atoms with Crippen LogP contribution < -0.4 is 10.2 Å². The van der Waals surface area contributed by atoms with Crippen LogP contribution in [-0.4, -0.2) is 33.3 Å². The van der Waals surface area contributed by atoms with Crippen LogP contribution in [0.5, 0.6) is 0 Å². The third-order valence-corrected chi connectivity index (χ3v) is 6.88. The van der Waals surface area contributed by atoms with E-state index >= 15 is 0 Å². The van der Waals surface area contributed by atoms with Crippen molar-refractivity contribution >= 4 is 32.8 Å². The predicted molar refractivity (Wildman–Crippen MR) is 109 cm³/mol. The van der Waals surface area contributed by atoms with Crippen molar-refractivity contribution in [1.82, 2.24) is 0 Å². The van der Waals surface area contributed by atoms with Crippen molar-refractivity contribution in [3.05, 3.63) is 53.1 Å². The molecular formula is C20H22ClN3O2S. The molecule has 0 aromatic heterocycles. The summed E-state index contributed by atoms with van der Waals surface area (Å²) in [4.78, 5) is 2.63. The average Bonchev–Trinajstić information content (AvgIpc) is 2.70. The zero-order chi connectivity index (χ0) is 19.4. The van der Waals surface area contributed by atoms with Crippen LogP contribution in [0.2, 0.25) is 5.02 Å². The van der Waals surface area contributed by atoms with Crippen molar-refractivity contribution in [1.29, 1.82) is 5.26 Å². The van der Waals surface area contributed by atoms with E-state index in [0.29, 0.717) is 15.5 Å². The third-order valence-electron chi connectivity index (χ3n) is 4.90. The molecule has 0 saturated carbocycles. The number of anilines is 2. The maximum Gasteiger partial charge on any atom is 0.178 e. The van der Waals surface area contributed by atoms with E-state index in [9.17, 15) is 13.7 Å². The molecular weight excluding hydrogens is 382 g/mol. The molecule has 3 rings (SSSR count). The summed E-state index contributed by atoms with van der Waals surface area (Å²) in [6.45, 7) is 3.39. The minimum atomic E-state index is -3.16. The fourth-order valence-electron chi connectivity index (χ4n) is 3.27. The molecule has 0 atom stereocenters. The fraction of sp³-hybridized carbons (Fsp3) is 0.350. The van der Waals surface area contributed by atoms with Crippen molar-refractivity contribution < 1.29 is 8.42 Å². The summed E-state index contributed by atoms with van der Waals surface area (Å²) < 4.78 is 23.9. The number of piperidine rings is 1. The second-order valence-electron chi connectivity index (χ2n) is 6.60. The summed E-state index contributed by atoms with van der Waals surface area (Å²) in [5, 5.41) is 13.3. The Bertz CT molecular complexity index is 944. The van der Waals surface area contributed by atoms with Gasteiger partial charge in [0.1, 0.15) is 6.07 Å². The van der Waals surface area contributed by atoms with Crippen LogP contribution in [0.3, 0.4) is 0 Å². The van der Waals surface area contributed by atoms with Gasteiger partial charge in [-0.1, -0.05) is 18.5 Å². The zero-order valence-corrected chi connectivity index (χ0v) is 16.7. The molecule has 1 aliphatic heterocycles. The molecule has 1 fully saturated rings. The summed E-state index contributed by atoms with van der Waals surface area (Å²) in [6, 6.07) is 14.9. The smallest absolute Gasteiger partial charge is 0.178 e. The molecule has 0 amide bonds. The summed E-state index contributed by atoms with van der Waals surface area (Å²) >= 11 is 5.95. The molecule has 7 heteroatoms. The van der Waals surface area contributed by atoms with Crippen molar-refractivity contribution in [2.75, 3.05) is 29.1 Å². The lowest BCUT2D eigenvalue weighted by molar-refractivity contribution is 0.526. The number of nitriles is 1.